The number of anilines is 1. The van der Waals surface area contributed by atoms with E-state index in [2.05, 4.69) is 15.0 Å². The van der Waals surface area contributed by atoms with Crippen LogP contribution in [0.25, 0.3) is 33.2 Å². The molecule has 2 amide bonds. The standard InChI is InChI=1S/C32H31FN4O6S/c1-34-31(38)29-23-14-21(25(36-44(3,40)41)16-28(23)43-30(29)18-9-11-20(33)12-10-18)19-6-5-13-37(17-19)32(39)26-15-22-24(35-26)7-4-8-27(22)42-2/h4,7-12,14-16,19,35-36H,5-6,13,17H2,1-3H3,(H,34,38)/t19-/m1/s1. The number of aromatic nitrogens is 1. The van der Waals surface area contributed by atoms with Crippen LogP contribution in [-0.4, -0.2) is 63.6 Å². The van der Waals surface area contributed by atoms with Gasteiger partial charge in [0.25, 0.3) is 11.8 Å². The SMILES string of the molecule is CNC(=O)c1c(-c2ccc(F)cc2)oc2cc(NS(C)(=O)=O)c([C@@H]3CCCN(C(=O)c4cc5c(OC)cccc5[nH]4)C3)cc12. The Morgan fingerprint density at radius 3 is 2.57 bits per heavy atom. The summed E-state index contributed by atoms with van der Waals surface area (Å²) in [7, 11) is -0.613. The molecule has 2 aromatic heterocycles. The average Bonchev–Trinajstić information content (AvgIpc) is 3.61. The van der Waals surface area contributed by atoms with Crippen LogP contribution in [-0.2, 0) is 10.0 Å². The molecule has 228 valence electrons. The molecule has 0 bridgehead atoms. The van der Waals surface area contributed by atoms with Gasteiger partial charge in [-0.1, -0.05) is 6.07 Å². The van der Waals surface area contributed by atoms with Gasteiger partial charge in [-0.2, -0.15) is 0 Å². The first-order valence-electron chi connectivity index (χ1n) is 14.1. The number of hydrogen-bond donors (Lipinski definition) is 3. The summed E-state index contributed by atoms with van der Waals surface area (Å²) in [5.41, 5.74) is 3.17. The number of halogens is 1. The van der Waals surface area contributed by atoms with E-state index >= 15 is 0 Å². The zero-order valence-corrected chi connectivity index (χ0v) is 25.2. The van der Waals surface area contributed by atoms with Crippen LogP contribution in [0.4, 0.5) is 10.1 Å². The van der Waals surface area contributed by atoms with E-state index in [9.17, 15) is 22.4 Å². The molecule has 0 saturated carbocycles. The number of amides is 2. The lowest BCUT2D eigenvalue weighted by Crippen LogP contribution is -2.39. The monoisotopic (exact) mass is 618 g/mol. The van der Waals surface area contributed by atoms with Gasteiger partial charge < -0.3 is 24.4 Å². The van der Waals surface area contributed by atoms with Crippen LogP contribution >= 0.6 is 0 Å². The molecule has 0 spiro atoms. The number of ether oxygens (including phenoxy) is 1. The van der Waals surface area contributed by atoms with Gasteiger partial charge in [0.05, 0.1) is 24.6 Å². The number of aromatic amines is 1. The average molecular weight is 619 g/mol. The Balaban J connectivity index is 1.42. The third kappa shape index (κ3) is 5.48. The smallest absolute Gasteiger partial charge is 0.270 e. The highest BCUT2D eigenvalue weighted by molar-refractivity contribution is 7.92. The van der Waals surface area contributed by atoms with Gasteiger partial charge in [-0.05, 0) is 66.9 Å². The normalized spacial score (nSPS) is 15.5. The zero-order chi connectivity index (χ0) is 31.2. The van der Waals surface area contributed by atoms with Crippen LogP contribution in [0.1, 0.15) is 45.2 Å². The minimum absolute atomic E-state index is 0.181. The van der Waals surface area contributed by atoms with Crippen molar-refractivity contribution < 1.29 is 31.6 Å². The second-order valence-corrected chi connectivity index (χ2v) is 12.6. The van der Waals surface area contributed by atoms with Crippen LogP contribution in [0.2, 0.25) is 0 Å². The van der Waals surface area contributed by atoms with Gasteiger partial charge in [-0.15, -0.1) is 0 Å². The number of rotatable bonds is 7. The number of carbonyl (C=O) groups is 2. The van der Waals surface area contributed by atoms with Crippen molar-refractivity contribution in [2.24, 2.45) is 0 Å². The predicted molar refractivity (Wildman–Crippen MR) is 166 cm³/mol. The number of benzene rings is 3. The molecule has 3 heterocycles. The molecule has 10 nitrogen and oxygen atoms in total. The van der Waals surface area contributed by atoms with Gasteiger partial charge >= 0.3 is 0 Å². The van der Waals surface area contributed by atoms with Gasteiger partial charge in [0, 0.05) is 54.0 Å². The van der Waals surface area contributed by atoms with Gasteiger partial charge in [-0.3, -0.25) is 14.3 Å². The molecule has 12 heteroatoms. The fourth-order valence-corrected chi connectivity index (χ4v) is 6.52. The minimum atomic E-state index is -3.69. The molecule has 1 aliphatic heterocycles. The number of carbonyl (C=O) groups excluding carboxylic acids is 2. The Morgan fingerprint density at radius 2 is 1.86 bits per heavy atom. The quantitative estimate of drug-likeness (QED) is 0.221. The molecule has 0 aliphatic carbocycles. The number of likely N-dealkylation sites (tertiary alicyclic amines) is 1. The van der Waals surface area contributed by atoms with Crippen molar-refractivity contribution in [3.05, 3.63) is 83.3 Å². The van der Waals surface area contributed by atoms with Crippen molar-refractivity contribution >= 4 is 49.4 Å². The summed E-state index contributed by atoms with van der Waals surface area (Å²) >= 11 is 0. The van der Waals surface area contributed by atoms with E-state index in [1.54, 1.807) is 30.2 Å². The highest BCUT2D eigenvalue weighted by atomic mass is 32.2. The fraction of sp³-hybridized carbons (Fsp3) is 0.250. The number of nitrogens with one attached hydrogen (secondary N) is 3. The van der Waals surface area contributed by atoms with E-state index in [4.69, 9.17) is 9.15 Å². The van der Waals surface area contributed by atoms with Gasteiger partial charge in [0.2, 0.25) is 10.0 Å². The molecule has 44 heavy (non-hydrogen) atoms. The Kier molecular flexibility index (Phi) is 7.54. The van der Waals surface area contributed by atoms with Crippen molar-refractivity contribution in [3.8, 4) is 17.1 Å². The van der Waals surface area contributed by atoms with Gasteiger partial charge in [-0.25, -0.2) is 12.8 Å². The van der Waals surface area contributed by atoms with Crippen molar-refractivity contribution in [2.45, 2.75) is 18.8 Å². The summed E-state index contributed by atoms with van der Waals surface area (Å²) in [6.07, 6.45) is 2.43. The highest BCUT2D eigenvalue weighted by Gasteiger charge is 2.31. The maximum Gasteiger partial charge on any atom is 0.270 e. The number of furan rings is 1. The molecule has 1 aliphatic rings. The van der Waals surface area contributed by atoms with E-state index in [-0.39, 0.29) is 28.7 Å². The molecule has 5 aromatic rings. The molecule has 3 N–H and O–H groups in total. The van der Waals surface area contributed by atoms with E-state index in [0.717, 1.165) is 17.2 Å². The summed E-state index contributed by atoms with van der Waals surface area (Å²) in [6, 6.07) is 16.2. The third-order valence-electron chi connectivity index (χ3n) is 7.94. The fourth-order valence-electron chi connectivity index (χ4n) is 5.95. The molecule has 1 fully saturated rings. The first kappa shape index (κ1) is 29.2. The Morgan fingerprint density at radius 1 is 1.09 bits per heavy atom. The molecular formula is C32H31FN4O6S. The largest absolute Gasteiger partial charge is 0.496 e. The first-order chi connectivity index (χ1) is 21.1. The van der Waals surface area contributed by atoms with E-state index < -0.39 is 21.7 Å². The Hall–Kier alpha value is -4.84. The zero-order valence-electron chi connectivity index (χ0n) is 24.4. The lowest BCUT2D eigenvalue weighted by molar-refractivity contribution is 0.0702. The molecule has 1 atom stereocenters. The highest BCUT2D eigenvalue weighted by Crippen LogP contribution is 2.41. The minimum Gasteiger partial charge on any atom is -0.496 e. The Bertz CT molecular complexity index is 2020. The second-order valence-electron chi connectivity index (χ2n) is 10.9. The second kappa shape index (κ2) is 11.3. The number of hydrogen-bond acceptors (Lipinski definition) is 6. The van der Waals surface area contributed by atoms with Crippen LogP contribution in [0.3, 0.4) is 0 Å². The topological polar surface area (TPSA) is 134 Å². The molecule has 0 unspecified atom stereocenters. The van der Waals surface area contributed by atoms with Crippen LogP contribution in [0.5, 0.6) is 5.75 Å². The number of fused-ring (bicyclic) bond motifs is 2. The van der Waals surface area contributed by atoms with E-state index in [1.807, 2.05) is 18.2 Å². The van der Waals surface area contributed by atoms with Crippen molar-refractivity contribution in [2.75, 3.05) is 38.2 Å². The van der Waals surface area contributed by atoms with Crippen molar-refractivity contribution in [1.29, 1.82) is 0 Å². The number of piperidine rings is 1. The maximum atomic E-state index is 13.7. The van der Waals surface area contributed by atoms with Gasteiger partial charge in [0.1, 0.15) is 28.6 Å². The van der Waals surface area contributed by atoms with E-state index in [0.29, 0.717) is 59.6 Å². The summed E-state index contributed by atoms with van der Waals surface area (Å²) in [5, 5.41) is 3.92. The number of nitrogens with zero attached hydrogens (tertiary/aromatic N) is 1. The maximum absolute atomic E-state index is 13.7. The van der Waals surface area contributed by atoms with Crippen LogP contribution in [0, 0.1) is 5.82 Å². The summed E-state index contributed by atoms with van der Waals surface area (Å²) < 4.78 is 52.7. The molecule has 1 saturated heterocycles. The number of methoxy groups -OCH3 is 1. The number of H-pyrrole nitrogens is 1. The molecular weight excluding hydrogens is 587 g/mol. The van der Waals surface area contributed by atoms with Crippen molar-refractivity contribution in [1.82, 2.24) is 15.2 Å². The third-order valence-corrected chi connectivity index (χ3v) is 8.53. The van der Waals surface area contributed by atoms with E-state index in [1.165, 1.54) is 31.3 Å². The Labute approximate surface area is 253 Å². The lowest BCUT2D eigenvalue weighted by atomic mass is 9.88. The van der Waals surface area contributed by atoms with Crippen LogP contribution < -0.4 is 14.8 Å². The van der Waals surface area contributed by atoms with Gasteiger partial charge in [0.15, 0.2) is 0 Å². The summed E-state index contributed by atoms with van der Waals surface area (Å²) in [6.45, 7) is 0.857. The number of sulfonamides is 1. The molecule has 6 rings (SSSR count). The predicted octanol–water partition coefficient (Wildman–Crippen LogP) is 5.48. The molecule has 0 radical (unpaired) electrons. The summed E-state index contributed by atoms with van der Waals surface area (Å²) in [4.78, 5) is 31.8. The van der Waals surface area contributed by atoms with Crippen LogP contribution in [0.15, 0.2) is 65.1 Å². The summed E-state index contributed by atoms with van der Waals surface area (Å²) in [5.74, 6) is -0.381. The lowest BCUT2D eigenvalue weighted by Gasteiger charge is -2.33. The molecule has 3 aromatic carbocycles. The first-order valence-corrected chi connectivity index (χ1v) is 16.0. The van der Waals surface area contributed by atoms with Crippen molar-refractivity contribution in [3.63, 3.8) is 0 Å².